The van der Waals surface area contributed by atoms with Crippen LogP contribution in [0.5, 0.6) is 5.88 Å². The Morgan fingerprint density at radius 3 is 2.93 bits per heavy atom. The van der Waals surface area contributed by atoms with Crippen molar-refractivity contribution in [3.63, 3.8) is 0 Å². The SMILES string of the molecule is CNCC(C=N)N=C1CCOCCC1=C(N)c1cnc(OC)c(N[P+](C)=O)c1. The van der Waals surface area contributed by atoms with Crippen LogP contribution in [0, 0.1) is 5.41 Å². The molecule has 152 valence electrons. The lowest BCUT2D eigenvalue weighted by Crippen LogP contribution is -2.25. The van der Waals surface area contributed by atoms with Crippen molar-refractivity contribution < 1.29 is 14.0 Å². The maximum Gasteiger partial charge on any atom is 0.456 e. The van der Waals surface area contributed by atoms with Crippen LogP contribution in [0.15, 0.2) is 22.8 Å². The van der Waals surface area contributed by atoms with Gasteiger partial charge in [0.1, 0.15) is 5.69 Å². The van der Waals surface area contributed by atoms with Gasteiger partial charge in [-0.3, -0.25) is 4.99 Å². The second-order valence-corrected chi connectivity index (χ2v) is 7.48. The highest BCUT2D eigenvalue weighted by Gasteiger charge is 2.20. The number of nitrogens with one attached hydrogen (secondary N) is 3. The molecule has 1 aromatic rings. The van der Waals surface area contributed by atoms with E-state index in [0.29, 0.717) is 55.4 Å². The van der Waals surface area contributed by atoms with Crippen LogP contribution in [-0.2, 0) is 9.30 Å². The molecule has 1 aliphatic rings. The van der Waals surface area contributed by atoms with Crippen molar-refractivity contribution in [3.8, 4) is 5.88 Å². The van der Waals surface area contributed by atoms with Crippen molar-refractivity contribution in [1.82, 2.24) is 10.3 Å². The predicted octanol–water partition coefficient (Wildman–Crippen LogP) is 2.03. The van der Waals surface area contributed by atoms with Crippen molar-refractivity contribution in [2.75, 3.05) is 45.7 Å². The summed E-state index contributed by atoms with van der Waals surface area (Å²) in [6, 6.07) is 1.51. The van der Waals surface area contributed by atoms with Gasteiger partial charge in [0, 0.05) is 42.3 Å². The van der Waals surface area contributed by atoms with Gasteiger partial charge in [0.25, 0.3) is 0 Å². The van der Waals surface area contributed by atoms with Gasteiger partial charge < -0.3 is 25.9 Å². The molecule has 1 fully saturated rings. The average Bonchev–Trinajstić information content (AvgIpc) is 2.92. The molecule has 0 saturated carbocycles. The number of methoxy groups -OCH3 is 1. The fraction of sp³-hybridized carbons (Fsp3) is 0.500. The van der Waals surface area contributed by atoms with Gasteiger partial charge in [-0.2, -0.15) is 5.09 Å². The van der Waals surface area contributed by atoms with Gasteiger partial charge in [0.2, 0.25) is 5.88 Å². The number of rotatable bonds is 8. The zero-order chi connectivity index (χ0) is 20.5. The normalized spacial score (nSPS) is 19.5. The van der Waals surface area contributed by atoms with E-state index in [-0.39, 0.29) is 6.04 Å². The Kier molecular flexibility index (Phi) is 8.50. The first-order valence-electron chi connectivity index (χ1n) is 9.00. The monoisotopic (exact) mass is 407 g/mol. The maximum absolute atomic E-state index is 11.6. The molecule has 2 atom stereocenters. The quantitative estimate of drug-likeness (QED) is 0.382. The zero-order valence-electron chi connectivity index (χ0n) is 16.5. The maximum atomic E-state index is 11.6. The van der Waals surface area contributed by atoms with E-state index in [1.54, 1.807) is 18.9 Å². The van der Waals surface area contributed by atoms with Crippen molar-refractivity contribution >= 4 is 31.3 Å². The summed E-state index contributed by atoms with van der Waals surface area (Å²) in [6.07, 6.45) is 4.18. The fourth-order valence-corrected chi connectivity index (χ4v) is 3.41. The smallest absolute Gasteiger partial charge is 0.456 e. The molecule has 0 amide bonds. The van der Waals surface area contributed by atoms with Crippen LogP contribution in [0.4, 0.5) is 5.69 Å². The summed E-state index contributed by atoms with van der Waals surface area (Å²) in [5, 5.41) is 13.5. The summed E-state index contributed by atoms with van der Waals surface area (Å²) in [5.41, 5.74) is 9.97. The molecule has 2 unspecified atom stereocenters. The Hall–Kier alpha value is -2.35. The van der Waals surface area contributed by atoms with E-state index in [2.05, 4.69) is 15.4 Å². The molecule has 10 heteroatoms. The van der Waals surface area contributed by atoms with Gasteiger partial charge in [0.05, 0.1) is 26.4 Å². The molecule has 2 heterocycles. The molecule has 1 aromatic heterocycles. The van der Waals surface area contributed by atoms with E-state index in [1.165, 1.54) is 13.3 Å². The number of hydrogen-bond acceptors (Lipinski definition) is 8. The molecule has 2 rings (SSSR count). The molecule has 1 saturated heterocycles. The number of aromatic nitrogens is 1. The van der Waals surface area contributed by atoms with Gasteiger partial charge in [-0.25, -0.2) is 4.98 Å². The van der Waals surface area contributed by atoms with Gasteiger partial charge in [-0.1, -0.05) is 0 Å². The van der Waals surface area contributed by atoms with Crippen LogP contribution in [0.2, 0.25) is 0 Å². The molecular formula is C18H28N6O3P+. The Bertz CT molecular complexity index is 781. The van der Waals surface area contributed by atoms with E-state index in [4.69, 9.17) is 25.6 Å². The second kappa shape index (κ2) is 10.8. The molecule has 0 radical (unpaired) electrons. The fourth-order valence-electron chi connectivity index (χ4n) is 2.91. The number of nitrogens with zero attached hydrogens (tertiary/aromatic N) is 2. The number of anilines is 1. The minimum atomic E-state index is -1.63. The number of ether oxygens (including phenoxy) is 2. The second-order valence-electron chi connectivity index (χ2n) is 6.26. The van der Waals surface area contributed by atoms with E-state index in [0.717, 1.165) is 11.3 Å². The van der Waals surface area contributed by atoms with Crippen LogP contribution in [0.3, 0.4) is 0 Å². The topological polar surface area (TPSA) is 135 Å². The van der Waals surface area contributed by atoms with E-state index >= 15 is 0 Å². The van der Waals surface area contributed by atoms with Gasteiger partial charge in [0.15, 0.2) is 6.66 Å². The van der Waals surface area contributed by atoms with Gasteiger partial charge >= 0.3 is 7.95 Å². The molecule has 0 aliphatic carbocycles. The number of pyridine rings is 1. The predicted molar refractivity (Wildman–Crippen MR) is 113 cm³/mol. The molecule has 0 bridgehead atoms. The van der Waals surface area contributed by atoms with E-state index in [9.17, 15) is 4.57 Å². The van der Waals surface area contributed by atoms with Crippen molar-refractivity contribution in [2.45, 2.75) is 18.9 Å². The first-order chi connectivity index (χ1) is 13.5. The first kappa shape index (κ1) is 21.9. The lowest BCUT2D eigenvalue weighted by atomic mass is 9.99. The van der Waals surface area contributed by atoms with Gasteiger partial charge in [-0.15, -0.1) is 0 Å². The van der Waals surface area contributed by atoms with Crippen molar-refractivity contribution in [3.05, 3.63) is 23.4 Å². The van der Waals surface area contributed by atoms with Gasteiger partial charge in [-0.05, 0) is 29.7 Å². The Labute approximate surface area is 166 Å². The number of likely N-dealkylation sites (N-methyl/N-ethyl adjacent to an activating group) is 1. The minimum Gasteiger partial charge on any atom is -0.479 e. The Balaban J connectivity index is 2.49. The summed E-state index contributed by atoms with van der Waals surface area (Å²) in [4.78, 5) is 9.00. The highest BCUT2D eigenvalue weighted by atomic mass is 31.1. The average molecular weight is 407 g/mol. The highest BCUT2D eigenvalue weighted by Crippen LogP contribution is 2.31. The minimum absolute atomic E-state index is 0.267. The summed E-state index contributed by atoms with van der Waals surface area (Å²) < 4.78 is 22.5. The van der Waals surface area contributed by atoms with Crippen molar-refractivity contribution in [1.29, 1.82) is 5.41 Å². The molecule has 28 heavy (non-hydrogen) atoms. The van der Waals surface area contributed by atoms with Crippen molar-refractivity contribution in [2.24, 2.45) is 10.7 Å². The Morgan fingerprint density at radius 2 is 2.29 bits per heavy atom. The molecule has 1 aliphatic heterocycles. The third-order valence-corrected chi connectivity index (χ3v) is 4.77. The lowest BCUT2D eigenvalue weighted by Gasteiger charge is -2.15. The Morgan fingerprint density at radius 1 is 1.54 bits per heavy atom. The van der Waals surface area contributed by atoms with E-state index < -0.39 is 7.95 Å². The molecule has 5 N–H and O–H groups in total. The lowest BCUT2D eigenvalue weighted by molar-refractivity contribution is 0.150. The zero-order valence-corrected chi connectivity index (χ0v) is 17.4. The third-order valence-electron chi connectivity index (χ3n) is 4.21. The summed E-state index contributed by atoms with van der Waals surface area (Å²) in [7, 11) is 1.70. The van der Waals surface area contributed by atoms with Crippen LogP contribution >= 0.6 is 7.95 Å². The molecule has 0 aromatic carbocycles. The molecule has 9 nitrogen and oxygen atoms in total. The third kappa shape index (κ3) is 5.82. The largest absolute Gasteiger partial charge is 0.479 e. The van der Waals surface area contributed by atoms with Crippen LogP contribution in [0.25, 0.3) is 5.70 Å². The highest BCUT2D eigenvalue weighted by molar-refractivity contribution is 7.45. The van der Waals surface area contributed by atoms with Crippen LogP contribution < -0.4 is 20.9 Å². The summed E-state index contributed by atoms with van der Waals surface area (Å²) in [5.74, 6) is 0.350. The van der Waals surface area contributed by atoms with Crippen LogP contribution in [0.1, 0.15) is 18.4 Å². The summed E-state index contributed by atoms with van der Waals surface area (Å²) in [6.45, 7) is 3.24. The molecular weight excluding hydrogens is 379 g/mol. The van der Waals surface area contributed by atoms with Crippen LogP contribution in [-0.4, -0.2) is 63.5 Å². The summed E-state index contributed by atoms with van der Waals surface area (Å²) >= 11 is 0. The number of aliphatic imine (C=N–C) groups is 1. The molecule has 0 spiro atoms. The number of hydrogen-bond donors (Lipinski definition) is 4. The first-order valence-corrected chi connectivity index (χ1v) is 10.7. The standard InChI is InChI=1S/C18H28N6O3P/c1-21-11-13(9-19)23-15-5-7-27-6-4-14(15)17(20)12-8-16(24-28(3)25)18(26-2)22-10-12/h8-10,13,19,21H,4-7,11,20H2,1-3H3,(H,24,25)/q+1. The van der Waals surface area contributed by atoms with E-state index in [1.807, 2.05) is 7.05 Å². The number of nitrogens with two attached hydrogens (primary N) is 1.